The van der Waals surface area contributed by atoms with E-state index in [0.29, 0.717) is 22.9 Å². The van der Waals surface area contributed by atoms with Gasteiger partial charge in [-0.05, 0) is 42.0 Å². The van der Waals surface area contributed by atoms with Crippen molar-refractivity contribution in [1.29, 1.82) is 0 Å². The van der Waals surface area contributed by atoms with Gasteiger partial charge in [0, 0.05) is 25.3 Å². The van der Waals surface area contributed by atoms with E-state index in [1.54, 1.807) is 12.3 Å². The number of carbonyl (C=O) groups is 1. The van der Waals surface area contributed by atoms with Crippen LogP contribution in [0, 0.1) is 0 Å². The average Bonchev–Trinajstić information content (AvgIpc) is 3.37. The van der Waals surface area contributed by atoms with Crippen molar-refractivity contribution in [2.24, 2.45) is 5.10 Å². The van der Waals surface area contributed by atoms with E-state index in [1.165, 1.54) is 0 Å². The lowest BCUT2D eigenvalue weighted by molar-refractivity contribution is 0.0950. The zero-order valence-electron chi connectivity index (χ0n) is 15.5. The van der Waals surface area contributed by atoms with Crippen molar-refractivity contribution in [3.8, 4) is 22.8 Å². The van der Waals surface area contributed by atoms with Gasteiger partial charge >= 0.3 is 0 Å². The maximum absolute atomic E-state index is 12.3. The normalized spacial score (nSPS) is 12.4. The predicted octanol–water partition coefficient (Wildman–Crippen LogP) is 2.64. The fraction of sp³-hybridized carbons (Fsp3) is 0.150. The van der Waals surface area contributed by atoms with Gasteiger partial charge in [-0.15, -0.1) is 0 Å². The SMILES string of the molecule is CN(C)c1ccc(/C=N\NC(=O)c2cc(-c3ccc4c(c3)OCO4)n[nH]2)cc1. The number of nitrogens with zero attached hydrogens (tertiary/aromatic N) is 3. The maximum Gasteiger partial charge on any atom is 0.289 e. The monoisotopic (exact) mass is 377 g/mol. The third-order valence-corrected chi connectivity index (χ3v) is 4.28. The van der Waals surface area contributed by atoms with Crippen molar-refractivity contribution in [3.05, 3.63) is 59.8 Å². The molecule has 1 aliphatic rings. The summed E-state index contributed by atoms with van der Waals surface area (Å²) in [6.07, 6.45) is 1.59. The number of ether oxygens (including phenoxy) is 2. The first kappa shape index (κ1) is 17.6. The molecule has 0 saturated carbocycles. The molecule has 0 spiro atoms. The van der Waals surface area contributed by atoms with Crippen molar-refractivity contribution in [2.45, 2.75) is 0 Å². The second kappa shape index (κ2) is 7.43. The first-order valence-electron chi connectivity index (χ1n) is 8.66. The third kappa shape index (κ3) is 3.66. The Morgan fingerprint density at radius 2 is 1.93 bits per heavy atom. The molecule has 1 aliphatic heterocycles. The number of fused-ring (bicyclic) bond motifs is 1. The van der Waals surface area contributed by atoms with Gasteiger partial charge in [0.25, 0.3) is 5.91 Å². The van der Waals surface area contributed by atoms with Crippen LogP contribution in [-0.4, -0.2) is 43.2 Å². The van der Waals surface area contributed by atoms with Crippen molar-refractivity contribution < 1.29 is 14.3 Å². The minimum absolute atomic E-state index is 0.211. The Morgan fingerprint density at radius 1 is 1.14 bits per heavy atom. The van der Waals surface area contributed by atoms with E-state index in [2.05, 4.69) is 20.7 Å². The van der Waals surface area contributed by atoms with Gasteiger partial charge in [0.05, 0.1) is 11.9 Å². The number of aromatic nitrogens is 2. The van der Waals surface area contributed by atoms with Crippen molar-refractivity contribution in [1.82, 2.24) is 15.6 Å². The molecular weight excluding hydrogens is 358 g/mol. The Morgan fingerprint density at radius 3 is 2.71 bits per heavy atom. The molecule has 1 aromatic heterocycles. The smallest absolute Gasteiger partial charge is 0.289 e. The van der Waals surface area contributed by atoms with E-state index < -0.39 is 0 Å². The zero-order valence-corrected chi connectivity index (χ0v) is 15.5. The Labute approximate surface area is 161 Å². The second-order valence-corrected chi connectivity index (χ2v) is 6.42. The van der Waals surface area contributed by atoms with E-state index in [-0.39, 0.29) is 12.7 Å². The fourth-order valence-corrected chi connectivity index (χ4v) is 2.73. The first-order chi connectivity index (χ1) is 13.6. The molecule has 8 heteroatoms. The highest BCUT2D eigenvalue weighted by Gasteiger charge is 2.16. The molecule has 0 unspecified atom stereocenters. The molecule has 4 rings (SSSR count). The molecule has 2 aromatic carbocycles. The molecule has 1 amide bonds. The highest BCUT2D eigenvalue weighted by Crippen LogP contribution is 2.35. The summed E-state index contributed by atoms with van der Waals surface area (Å²) in [7, 11) is 3.96. The molecule has 0 radical (unpaired) electrons. The summed E-state index contributed by atoms with van der Waals surface area (Å²) in [4.78, 5) is 14.3. The number of benzene rings is 2. The molecular formula is C20H19N5O3. The van der Waals surface area contributed by atoms with Gasteiger partial charge in [-0.25, -0.2) is 5.43 Å². The van der Waals surface area contributed by atoms with Gasteiger partial charge in [0.1, 0.15) is 5.69 Å². The molecule has 0 aliphatic carbocycles. The van der Waals surface area contributed by atoms with Crippen LogP contribution in [0.3, 0.4) is 0 Å². The minimum Gasteiger partial charge on any atom is -0.454 e. The molecule has 2 heterocycles. The molecule has 3 aromatic rings. The second-order valence-electron chi connectivity index (χ2n) is 6.42. The highest BCUT2D eigenvalue weighted by atomic mass is 16.7. The van der Waals surface area contributed by atoms with E-state index in [1.807, 2.05) is 61.5 Å². The van der Waals surface area contributed by atoms with Gasteiger partial charge in [-0.3, -0.25) is 9.89 Å². The van der Waals surface area contributed by atoms with Crippen molar-refractivity contribution >= 4 is 17.8 Å². The first-order valence-corrected chi connectivity index (χ1v) is 8.66. The molecule has 8 nitrogen and oxygen atoms in total. The Hall–Kier alpha value is -3.81. The Balaban J connectivity index is 1.40. The summed E-state index contributed by atoms with van der Waals surface area (Å²) in [6.45, 7) is 0.211. The van der Waals surface area contributed by atoms with Crippen LogP contribution in [0.15, 0.2) is 53.6 Å². The maximum atomic E-state index is 12.3. The van der Waals surface area contributed by atoms with Crippen LogP contribution in [0.5, 0.6) is 11.5 Å². The number of carbonyl (C=O) groups excluding carboxylic acids is 1. The lowest BCUT2D eigenvalue weighted by atomic mass is 10.1. The lowest BCUT2D eigenvalue weighted by Crippen LogP contribution is -2.18. The third-order valence-electron chi connectivity index (χ3n) is 4.28. The molecule has 142 valence electrons. The van der Waals surface area contributed by atoms with Crippen LogP contribution in [-0.2, 0) is 0 Å². The van der Waals surface area contributed by atoms with E-state index in [0.717, 1.165) is 16.8 Å². The topological polar surface area (TPSA) is 91.8 Å². The summed E-state index contributed by atoms with van der Waals surface area (Å²) in [5.41, 5.74) is 6.24. The van der Waals surface area contributed by atoms with Gasteiger partial charge in [0.2, 0.25) is 6.79 Å². The van der Waals surface area contributed by atoms with Crippen LogP contribution in [0.2, 0.25) is 0 Å². The molecule has 0 atom stereocenters. The van der Waals surface area contributed by atoms with Crippen LogP contribution >= 0.6 is 0 Å². The molecule has 0 fully saturated rings. The predicted molar refractivity (Wildman–Crippen MR) is 106 cm³/mol. The number of hydrazone groups is 1. The summed E-state index contributed by atoms with van der Waals surface area (Å²) >= 11 is 0. The molecule has 28 heavy (non-hydrogen) atoms. The summed E-state index contributed by atoms with van der Waals surface area (Å²) in [5, 5.41) is 10.9. The Kier molecular flexibility index (Phi) is 4.67. The number of aromatic amines is 1. The minimum atomic E-state index is -0.374. The largest absolute Gasteiger partial charge is 0.454 e. The van der Waals surface area contributed by atoms with Gasteiger partial charge < -0.3 is 14.4 Å². The van der Waals surface area contributed by atoms with Gasteiger partial charge in [0.15, 0.2) is 11.5 Å². The fourth-order valence-electron chi connectivity index (χ4n) is 2.73. The number of H-pyrrole nitrogens is 1. The summed E-state index contributed by atoms with van der Waals surface area (Å²) in [5.74, 6) is 0.988. The average molecular weight is 377 g/mol. The molecule has 0 bridgehead atoms. The van der Waals surface area contributed by atoms with Crippen LogP contribution in [0.4, 0.5) is 5.69 Å². The summed E-state index contributed by atoms with van der Waals surface area (Å²) in [6, 6.07) is 15.0. The number of anilines is 1. The molecule has 0 saturated heterocycles. The van der Waals surface area contributed by atoms with E-state index in [4.69, 9.17) is 9.47 Å². The van der Waals surface area contributed by atoms with Gasteiger partial charge in [-0.2, -0.15) is 10.2 Å². The van der Waals surface area contributed by atoms with Crippen molar-refractivity contribution in [3.63, 3.8) is 0 Å². The highest BCUT2D eigenvalue weighted by molar-refractivity contribution is 5.94. The summed E-state index contributed by atoms with van der Waals surface area (Å²) < 4.78 is 10.7. The number of amides is 1. The quantitative estimate of drug-likeness (QED) is 0.527. The van der Waals surface area contributed by atoms with Crippen LogP contribution in [0.1, 0.15) is 16.1 Å². The van der Waals surface area contributed by atoms with Crippen molar-refractivity contribution in [2.75, 3.05) is 25.8 Å². The number of hydrogen-bond acceptors (Lipinski definition) is 6. The van der Waals surface area contributed by atoms with Gasteiger partial charge in [-0.1, -0.05) is 12.1 Å². The number of hydrogen-bond donors (Lipinski definition) is 2. The number of nitrogens with one attached hydrogen (secondary N) is 2. The number of rotatable bonds is 5. The lowest BCUT2D eigenvalue weighted by Gasteiger charge is -2.11. The van der Waals surface area contributed by atoms with E-state index >= 15 is 0 Å². The van der Waals surface area contributed by atoms with Crippen LogP contribution in [0.25, 0.3) is 11.3 Å². The zero-order chi connectivity index (χ0) is 19.5. The molecule has 2 N–H and O–H groups in total. The standard InChI is InChI=1S/C20H19N5O3/c1-25(2)15-6-3-13(4-7-15)11-21-24-20(26)17-10-16(22-23-17)14-5-8-18-19(9-14)28-12-27-18/h3-11H,12H2,1-2H3,(H,22,23)(H,24,26)/b21-11-. The Bertz CT molecular complexity index is 1020. The van der Waals surface area contributed by atoms with E-state index in [9.17, 15) is 4.79 Å². The van der Waals surface area contributed by atoms with Crippen LogP contribution < -0.4 is 19.8 Å².